The molecule has 1 aromatic heterocycles. The number of furan rings is 1. The number of aliphatic hydroxyl groups is 1. The average molecular weight is 727 g/mol. The highest BCUT2D eigenvalue weighted by Gasteiger charge is 2.50. The second kappa shape index (κ2) is 15.9. The zero-order valence-corrected chi connectivity index (χ0v) is 30.7. The molecule has 0 aliphatic carbocycles. The zero-order chi connectivity index (χ0) is 37.0. The van der Waals surface area contributed by atoms with Crippen molar-refractivity contribution >= 4 is 46.4 Å². The number of carbonyl (C=O) groups excluding carboxylic acids is 4. The number of benzene rings is 3. The van der Waals surface area contributed by atoms with E-state index in [1.165, 1.54) is 16.7 Å². The van der Waals surface area contributed by atoms with Crippen molar-refractivity contribution in [2.75, 3.05) is 19.1 Å². The first kappa shape index (κ1) is 37.1. The number of aliphatic hydroxyl groups excluding tert-OH is 1. The van der Waals surface area contributed by atoms with Gasteiger partial charge in [-0.3, -0.25) is 19.2 Å². The van der Waals surface area contributed by atoms with Crippen molar-refractivity contribution in [1.29, 1.82) is 0 Å². The SMILES string of the molecule is Cc1cccc(C)c1CNC(=O)[C@H]1N(C(=O)[C@@H](O)[C@H](Cc2ccccc2)NC(=O)[C@@H](NC(=O)c2cc3ccccc3o2)[C@H]2CCOC2)CSC1(C)C. The third-order valence-corrected chi connectivity index (χ3v) is 11.5. The van der Waals surface area contributed by atoms with Crippen LogP contribution in [0.2, 0.25) is 0 Å². The molecule has 2 saturated heterocycles. The van der Waals surface area contributed by atoms with Gasteiger partial charge in [0.15, 0.2) is 11.9 Å². The standard InChI is InChI=1S/C40H46N4O7S/c1-24-11-10-12-25(2)29(24)21-41-38(48)35-40(3,4)52-23-44(35)39(49)34(45)30(19-26-13-6-5-7-14-26)42-37(47)33(28-17-18-50-22-28)43-36(46)32-20-27-15-8-9-16-31(27)51-32/h5-16,20,28,30,33-35,45H,17-19,21-23H2,1-4H3,(H,41,48)(H,42,47)(H,43,46)/t28-,30-,33-,34-,35+/m0/s1. The summed E-state index contributed by atoms with van der Waals surface area (Å²) in [7, 11) is 0. The largest absolute Gasteiger partial charge is 0.451 e. The van der Waals surface area contributed by atoms with Crippen molar-refractivity contribution < 1.29 is 33.4 Å². The molecule has 2 fully saturated rings. The van der Waals surface area contributed by atoms with Crippen molar-refractivity contribution in [2.24, 2.45) is 5.92 Å². The number of amides is 4. The van der Waals surface area contributed by atoms with Gasteiger partial charge in [-0.2, -0.15) is 0 Å². The summed E-state index contributed by atoms with van der Waals surface area (Å²) in [6, 6.07) is 21.0. The van der Waals surface area contributed by atoms with Gasteiger partial charge in [0.2, 0.25) is 11.8 Å². The Morgan fingerprint density at radius 1 is 0.962 bits per heavy atom. The molecule has 3 heterocycles. The number of thioether (sulfide) groups is 1. The van der Waals surface area contributed by atoms with Gasteiger partial charge in [-0.05, 0) is 74.9 Å². The molecule has 4 amide bonds. The minimum absolute atomic E-state index is 0.0602. The maximum atomic E-state index is 14.2. The molecular weight excluding hydrogens is 681 g/mol. The molecule has 4 aromatic rings. The second-order valence-electron chi connectivity index (χ2n) is 14.1. The minimum Gasteiger partial charge on any atom is -0.451 e. The number of hydrogen-bond acceptors (Lipinski definition) is 8. The number of fused-ring (bicyclic) bond motifs is 1. The molecule has 0 saturated carbocycles. The topological polar surface area (TPSA) is 150 Å². The maximum Gasteiger partial charge on any atom is 0.287 e. The lowest BCUT2D eigenvalue weighted by molar-refractivity contribution is -0.148. The molecule has 3 aromatic carbocycles. The summed E-state index contributed by atoms with van der Waals surface area (Å²) in [5.74, 6) is -2.22. The molecular formula is C40H46N4O7S. The van der Waals surface area contributed by atoms with E-state index in [1.54, 1.807) is 12.1 Å². The molecule has 12 heteroatoms. The van der Waals surface area contributed by atoms with Gasteiger partial charge < -0.3 is 35.1 Å². The summed E-state index contributed by atoms with van der Waals surface area (Å²) >= 11 is 1.45. The van der Waals surface area contributed by atoms with Crippen LogP contribution in [0.4, 0.5) is 0 Å². The lowest BCUT2D eigenvalue weighted by Gasteiger charge is -2.34. The van der Waals surface area contributed by atoms with Crippen LogP contribution in [-0.2, 0) is 32.1 Å². The average Bonchev–Trinajstić information content (AvgIpc) is 3.89. The van der Waals surface area contributed by atoms with E-state index in [0.717, 1.165) is 27.6 Å². The normalized spacial score (nSPS) is 19.9. The first-order chi connectivity index (χ1) is 24.9. The predicted octanol–water partition coefficient (Wildman–Crippen LogP) is 4.27. The number of hydrogen-bond donors (Lipinski definition) is 4. The van der Waals surface area contributed by atoms with E-state index in [0.29, 0.717) is 25.2 Å². The highest BCUT2D eigenvalue weighted by molar-refractivity contribution is 8.00. The lowest BCUT2D eigenvalue weighted by Crippen LogP contribution is -2.60. The van der Waals surface area contributed by atoms with Crippen LogP contribution in [0, 0.1) is 19.8 Å². The summed E-state index contributed by atoms with van der Waals surface area (Å²) in [5, 5.41) is 21.3. The number of ether oxygens (including phenoxy) is 1. The Hall–Kier alpha value is -4.65. The molecule has 0 bridgehead atoms. The van der Waals surface area contributed by atoms with Crippen LogP contribution in [0.5, 0.6) is 0 Å². The molecule has 0 unspecified atom stereocenters. The van der Waals surface area contributed by atoms with Gasteiger partial charge in [-0.15, -0.1) is 11.8 Å². The van der Waals surface area contributed by atoms with Crippen LogP contribution in [0.1, 0.15) is 53.1 Å². The van der Waals surface area contributed by atoms with Crippen LogP contribution in [0.25, 0.3) is 11.0 Å². The van der Waals surface area contributed by atoms with Crippen molar-refractivity contribution in [1.82, 2.24) is 20.9 Å². The van der Waals surface area contributed by atoms with Crippen molar-refractivity contribution in [3.05, 3.63) is 107 Å². The van der Waals surface area contributed by atoms with E-state index in [1.807, 2.05) is 94.4 Å². The van der Waals surface area contributed by atoms with E-state index >= 15 is 0 Å². The van der Waals surface area contributed by atoms with Gasteiger partial charge >= 0.3 is 0 Å². The molecule has 11 nitrogen and oxygen atoms in total. The molecule has 274 valence electrons. The second-order valence-corrected chi connectivity index (χ2v) is 15.7. The molecule has 5 atom stereocenters. The fraction of sp³-hybridized carbons (Fsp3) is 0.400. The van der Waals surface area contributed by atoms with Crippen LogP contribution in [0.15, 0.2) is 83.3 Å². The monoisotopic (exact) mass is 726 g/mol. The van der Waals surface area contributed by atoms with E-state index in [4.69, 9.17) is 9.15 Å². The van der Waals surface area contributed by atoms with Crippen molar-refractivity contribution in [3.8, 4) is 0 Å². The van der Waals surface area contributed by atoms with Crippen LogP contribution in [0.3, 0.4) is 0 Å². The smallest absolute Gasteiger partial charge is 0.287 e. The summed E-state index contributed by atoms with van der Waals surface area (Å²) in [6.07, 6.45) is -1.04. The highest BCUT2D eigenvalue weighted by Crippen LogP contribution is 2.40. The Morgan fingerprint density at radius 2 is 1.67 bits per heavy atom. The predicted molar refractivity (Wildman–Crippen MR) is 199 cm³/mol. The van der Waals surface area contributed by atoms with E-state index < -0.39 is 46.7 Å². The zero-order valence-electron chi connectivity index (χ0n) is 29.9. The molecule has 2 aliphatic heterocycles. The lowest BCUT2D eigenvalue weighted by atomic mass is 9.94. The minimum atomic E-state index is -1.70. The van der Waals surface area contributed by atoms with E-state index in [2.05, 4.69) is 16.0 Å². The number of nitrogens with zero attached hydrogens (tertiary/aromatic N) is 1. The van der Waals surface area contributed by atoms with Gasteiger partial charge in [-0.25, -0.2) is 0 Å². The summed E-state index contributed by atoms with van der Waals surface area (Å²) in [6.45, 7) is 8.78. The third-order valence-electron chi connectivity index (χ3n) is 10.1. The van der Waals surface area contributed by atoms with E-state index in [-0.39, 0.29) is 36.5 Å². The molecule has 6 rings (SSSR count). The van der Waals surface area contributed by atoms with Crippen LogP contribution < -0.4 is 16.0 Å². The molecule has 0 radical (unpaired) electrons. The quantitative estimate of drug-likeness (QED) is 0.169. The van der Waals surface area contributed by atoms with Crippen LogP contribution in [-0.4, -0.2) is 81.7 Å². The summed E-state index contributed by atoms with van der Waals surface area (Å²) in [5.41, 5.74) is 4.45. The Balaban J connectivity index is 1.22. The summed E-state index contributed by atoms with van der Waals surface area (Å²) < 4.78 is 10.7. The van der Waals surface area contributed by atoms with Crippen molar-refractivity contribution in [3.63, 3.8) is 0 Å². The fourth-order valence-electron chi connectivity index (χ4n) is 7.06. The molecule has 0 spiro atoms. The molecule has 4 N–H and O–H groups in total. The number of para-hydroxylation sites is 1. The van der Waals surface area contributed by atoms with Gasteiger partial charge in [0.05, 0.1) is 18.5 Å². The van der Waals surface area contributed by atoms with Gasteiger partial charge in [0, 0.05) is 29.2 Å². The molecule has 2 aliphatic rings. The van der Waals surface area contributed by atoms with Crippen LogP contribution >= 0.6 is 11.8 Å². The maximum absolute atomic E-state index is 14.2. The fourth-order valence-corrected chi connectivity index (χ4v) is 8.20. The Bertz CT molecular complexity index is 1870. The summed E-state index contributed by atoms with van der Waals surface area (Å²) in [4.78, 5) is 57.1. The number of rotatable bonds is 12. The Labute approximate surface area is 307 Å². The van der Waals surface area contributed by atoms with Gasteiger partial charge in [0.25, 0.3) is 11.8 Å². The number of carbonyl (C=O) groups is 4. The first-order valence-electron chi connectivity index (χ1n) is 17.6. The number of nitrogens with one attached hydrogen (secondary N) is 3. The van der Waals surface area contributed by atoms with Gasteiger partial charge in [-0.1, -0.05) is 66.7 Å². The Kier molecular flexibility index (Phi) is 11.4. The first-order valence-corrected chi connectivity index (χ1v) is 18.6. The highest BCUT2D eigenvalue weighted by atomic mass is 32.2. The van der Waals surface area contributed by atoms with E-state index in [9.17, 15) is 24.3 Å². The number of aryl methyl sites for hydroxylation is 2. The third kappa shape index (κ3) is 8.19. The Morgan fingerprint density at radius 3 is 2.37 bits per heavy atom. The van der Waals surface area contributed by atoms with Crippen molar-refractivity contribution in [2.45, 2.75) is 76.1 Å². The van der Waals surface area contributed by atoms with Gasteiger partial charge in [0.1, 0.15) is 17.7 Å². The molecule has 52 heavy (non-hydrogen) atoms.